The number of furan rings is 1. The Morgan fingerprint density at radius 3 is 3.12 bits per heavy atom. The van der Waals surface area contributed by atoms with Crippen LogP contribution in [0, 0.1) is 5.92 Å². The molecule has 17 heavy (non-hydrogen) atoms. The van der Waals surface area contributed by atoms with E-state index in [1.54, 1.807) is 6.26 Å². The molecule has 0 spiro atoms. The van der Waals surface area contributed by atoms with Gasteiger partial charge in [0, 0.05) is 38.6 Å². The van der Waals surface area contributed by atoms with Crippen LogP contribution in [0.5, 0.6) is 0 Å². The summed E-state index contributed by atoms with van der Waals surface area (Å²) < 4.78 is 5.37. The summed E-state index contributed by atoms with van der Waals surface area (Å²) >= 11 is 0. The molecule has 1 saturated heterocycles. The van der Waals surface area contributed by atoms with Crippen molar-refractivity contribution < 1.29 is 4.42 Å². The lowest BCUT2D eigenvalue weighted by atomic mass is 10.0. The smallest absolute Gasteiger partial charge is 0.105 e. The lowest BCUT2D eigenvalue weighted by Gasteiger charge is -2.34. The van der Waals surface area contributed by atoms with Crippen molar-refractivity contribution in [2.45, 2.75) is 32.7 Å². The summed E-state index contributed by atoms with van der Waals surface area (Å²) in [5, 5.41) is 3.61. The number of hydrogen-bond acceptors (Lipinski definition) is 3. The van der Waals surface area contributed by atoms with Gasteiger partial charge in [-0.1, -0.05) is 13.8 Å². The van der Waals surface area contributed by atoms with E-state index in [0.29, 0.717) is 6.04 Å². The third-order valence-electron chi connectivity index (χ3n) is 3.35. The third kappa shape index (κ3) is 4.17. The minimum Gasteiger partial charge on any atom is -0.469 e. The van der Waals surface area contributed by atoms with Crippen LogP contribution < -0.4 is 5.32 Å². The van der Waals surface area contributed by atoms with Crippen molar-refractivity contribution in [2.24, 2.45) is 5.92 Å². The van der Waals surface area contributed by atoms with Gasteiger partial charge in [-0.15, -0.1) is 0 Å². The van der Waals surface area contributed by atoms with Gasteiger partial charge in [0.05, 0.1) is 6.26 Å². The van der Waals surface area contributed by atoms with Crippen molar-refractivity contribution in [1.82, 2.24) is 10.2 Å². The van der Waals surface area contributed by atoms with Crippen molar-refractivity contribution in [1.29, 1.82) is 0 Å². The maximum atomic E-state index is 5.37. The van der Waals surface area contributed by atoms with E-state index in [9.17, 15) is 0 Å². The zero-order valence-electron chi connectivity index (χ0n) is 11.0. The predicted molar refractivity (Wildman–Crippen MR) is 70.1 cm³/mol. The van der Waals surface area contributed by atoms with Gasteiger partial charge >= 0.3 is 0 Å². The first-order valence-corrected chi connectivity index (χ1v) is 6.72. The zero-order valence-corrected chi connectivity index (χ0v) is 11.0. The van der Waals surface area contributed by atoms with Crippen LogP contribution in [0.15, 0.2) is 22.8 Å². The molecule has 1 aromatic heterocycles. The minimum atomic E-state index is 0.667. The Hall–Kier alpha value is -0.800. The van der Waals surface area contributed by atoms with Crippen molar-refractivity contribution in [3.8, 4) is 0 Å². The highest BCUT2D eigenvalue weighted by atomic mass is 16.3. The average Bonchev–Trinajstić information content (AvgIpc) is 2.79. The molecule has 1 unspecified atom stereocenters. The van der Waals surface area contributed by atoms with Crippen LogP contribution in [-0.2, 0) is 6.42 Å². The first-order chi connectivity index (χ1) is 8.24. The van der Waals surface area contributed by atoms with E-state index in [0.717, 1.165) is 37.7 Å². The van der Waals surface area contributed by atoms with Crippen LogP contribution in [0.1, 0.15) is 26.0 Å². The van der Waals surface area contributed by atoms with Crippen LogP contribution in [0.25, 0.3) is 0 Å². The van der Waals surface area contributed by atoms with E-state index >= 15 is 0 Å². The third-order valence-corrected chi connectivity index (χ3v) is 3.35. The van der Waals surface area contributed by atoms with Gasteiger partial charge in [0.1, 0.15) is 5.76 Å². The van der Waals surface area contributed by atoms with E-state index < -0.39 is 0 Å². The van der Waals surface area contributed by atoms with Crippen molar-refractivity contribution >= 4 is 0 Å². The Balaban J connectivity index is 1.73. The number of rotatable bonds is 5. The summed E-state index contributed by atoms with van der Waals surface area (Å²) in [5.74, 6) is 1.88. The van der Waals surface area contributed by atoms with Gasteiger partial charge < -0.3 is 14.6 Å². The Kier molecular flexibility index (Phi) is 4.63. The molecule has 96 valence electrons. The molecule has 0 aliphatic carbocycles. The molecule has 0 aromatic carbocycles. The Morgan fingerprint density at radius 1 is 1.53 bits per heavy atom. The first-order valence-electron chi connectivity index (χ1n) is 6.72. The highest BCUT2D eigenvalue weighted by Gasteiger charge is 2.19. The number of nitrogens with zero attached hydrogens (tertiary/aromatic N) is 1. The second-order valence-corrected chi connectivity index (χ2v) is 5.41. The molecule has 0 bridgehead atoms. The Bertz CT molecular complexity index is 308. The summed E-state index contributed by atoms with van der Waals surface area (Å²) in [6, 6.07) is 4.70. The quantitative estimate of drug-likeness (QED) is 0.849. The fraction of sp³-hybridized carbons (Fsp3) is 0.714. The number of piperazine rings is 1. The van der Waals surface area contributed by atoms with E-state index in [4.69, 9.17) is 4.42 Å². The lowest BCUT2D eigenvalue weighted by molar-refractivity contribution is 0.185. The largest absolute Gasteiger partial charge is 0.469 e. The number of hydrogen-bond donors (Lipinski definition) is 1. The maximum Gasteiger partial charge on any atom is 0.105 e. The molecule has 1 N–H and O–H groups in total. The van der Waals surface area contributed by atoms with Gasteiger partial charge in [-0.05, 0) is 24.5 Å². The van der Waals surface area contributed by atoms with Gasteiger partial charge in [0.2, 0.25) is 0 Å². The second kappa shape index (κ2) is 6.22. The molecule has 0 radical (unpaired) electrons. The molecule has 2 heterocycles. The molecule has 3 nitrogen and oxygen atoms in total. The van der Waals surface area contributed by atoms with Crippen molar-refractivity contribution in [3.05, 3.63) is 24.2 Å². The zero-order chi connectivity index (χ0) is 12.1. The monoisotopic (exact) mass is 236 g/mol. The van der Waals surface area contributed by atoms with Crippen LogP contribution >= 0.6 is 0 Å². The Labute approximate surface area is 104 Å². The van der Waals surface area contributed by atoms with Gasteiger partial charge in [-0.25, -0.2) is 0 Å². The highest BCUT2D eigenvalue weighted by molar-refractivity contribution is 4.98. The molecule has 1 aliphatic heterocycles. The van der Waals surface area contributed by atoms with Crippen LogP contribution in [-0.4, -0.2) is 37.1 Å². The first kappa shape index (κ1) is 12.7. The fourth-order valence-electron chi connectivity index (χ4n) is 2.55. The summed E-state index contributed by atoms with van der Waals surface area (Å²) in [4.78, 5) is 2.55. The highest BCUT2D eigenvalue weighted by Crippen LogP contribution is 2.10. The minimum absolute atomic E-state index is 0.667. The van der Waals surface area contributed by atoms with E-state index in [1.807, 2.05) is 6.07 Å². The molecule has 1 aliphatic rings. The second-order valence-electron chi connectivity index (χ2n) is 5.41. The molecule has 0 amide bonds. The number of nitrogens with one attached hydrogen (secondary N) is 1. The van der Waals surface area contributed by atoms with Crippen molar-refractivity contribution in [2.75, 3.05) is 26.2 Å². The standard InChI is InChI=1S/C14H24N2O/c1-12(2)10-13-11-16(8-6-15-13)7-5-14-4-3-9-17-14/h3-4,9,12-13,15H,5-8,10-11H2,1-2H3. The summed E-state index contributed by atoms with van der Waals surface area (Å²) in [6.07, 6.45) is 4.06. The van der Waals surface area contributed by atoms with E-state index in [1.165, 1.54) is 13.0 Å². The SMILES string of the molecule is CC(C)CC1CN(CCc2ccco2)CCN1. The van der Waals surface area contributed by atoms with E-state index in [-0.39, 0.29) is 0 Å². The molecular weight excluding hydrogens is 212 g/mol. The Morgan fingerprint density at radius 2 is 2.41 bits per heavy atom. The molecule has 3 heteroatoms. The summed E-state index contributed by atoms with van der Waals surface area (Å²) in [5.41, 5.74) is 0. The topological polar surface area (TPSA) is 28.4 Å². The van der Waals surface area contributed by atoms with Crippen LogP contribution in [0.3, 0.4) is 0 Å². The fourth-order valence-corrected chi connectivity index (χ4v) is 2.55. The average molecular weight is 236 g/mol. The van der Waals surface area contributed by atoms with Gasteiger partial charge in [-0.2, -0.15) is 0 Å². The van der Waals surface area contributed by atoms with Crippen molar-refractivity contribution in [3.63, 3.8) is 0 Å². The molecular formula is C14H24N2O. The molecule has 1 aromatic rings. The molecule has 1 fully saturated rings. The maximum absolute atomic E-state index is 5.37. The van der Waals surface area contributed by atoms with Crippen LogP contribution in [0.2, 0.25) is 0 Å². The van der Waals surface area contributed by atoms with Crippen LogP contribution in [0.4, 0.5) is 0 Å². The lowest BCUT2D eigenvalue weighted by Crippen LogP contribution is -2.51. The van der Waals surface area contributed by atoms with E-state index in [2.05, 4.69) is 30.1 Å². The molecule has 2 rings (SSSR count). The van der Waals surface area contributed by atoms with Gasteiger partial charge in [0.25, 0.3) is 0 Å². The summed E-state index contributed by atoms with van der Waals surface area (Å²) in [7, 11) is 0. The normalized spacial score (nSPS) is 22.2. The van der Waals surface area contributed by atoms with Gasteiger partial charge in [-0.3, -0.25) is 0 Å². The van der Waals surface area contributed by atoms with Gasteiger partial charge in [0.15, 0.2) is 0 Å². The molecule has 1 atom stereocenters. The predicted octanol–water partition coefficient (Wildman–Crippen LogP) is 2.14. The molecule has 0 saturated carbocycles. The summed E-state index contributed by atoms with van der Waals surface area (Å²) in [6.45, 7) is 9.17.